The van der Waals surface area contributed by atoms with Crippen molar-refractivity contribution in [2.75, 3.05) is 12.1 Å². The summed E-state index contributed by atoms with van der Waals surface area (Å²) in [5.74, 6) is 0.824. The Kier molecular flexibility index (Phi) is 5.63. The van der Waals surface area contributed by atoms with Gasteiger partial charge in [0.2, 0.25) is 0 Å². The molecule has 0 saturated carbocycles. The van der Waals surface area contributed by atoms with E-state index in [1.807, 2.05) is 53.5 Å². The van der Waals surface area contributed by atoms with E-state index in [2.05, 4.69) is 28.1 Å². The van der Waals surface area contributed by atoms with E-state index in [4.69, 9.17) is 33.0 Å². The van der Waals surface area contributed by atoms with Gasteiger partial charge in [-0.25, -0.2) is 0 Å². The van der Waals surface area contributed by atoms with Gasteiger partial charge in [-0.2, -0.15) is 5.10 Å². The maximum atomic E-state index is 6.50. The zero-order valence-electron chi connectivity index (χ0n) is 15.1. The number of nitrogens with zero attached hydrogens (tertiary/aromatic N) is 2. The number of benzene rings is 3. The van der Waals surface area contributed by atoms with E-state index in [-0.39, 0.29) is 6.04 Å². The number of hydrogen-bond acceptors (Lipinski definition) is 3. The number of anilines is 1. The van der Waals surface area contributed by atoms with Crippen LogP contribution in [0.4, 0.5) is 5.69 Å². The van der Waals surface area contributed by atoms with E-state index in [0.29, 0.717) is 10.0 Å². The molecule has 0 bridgehead atoms. The monoisotopic (exact) mass is 474 g/mol. The third-order valence-electron chi connectivity index (χ3n) is 4.74. The van der Waals surface area contributed by atoms with Gasteiger partial charge in [-0.15, -0.1) is 0 Å². The standard InChI is InChI=1S/C22H17BrCl2N2O/c1-28-18-9-4-14(5-10-18)20-13-22(15-2-6-16(23)7-3-15)27(26-20)21-11-8-17(24)12-19(21)25/h2-12,22H,13H2,1H3. The van der Waals surface area contributed by atoms with E-state index in [1.165, 1.54) is 5.56 Å². The van der Waals surface area contributed by atoms with Crippen molar-refractivity contribution in [3.05, 3.63) is 92.4 Å². The Hall–Kier alpha value is -2.01. The molecule has 0 radical (unpaired) electrons. The second-order valence-electron chi connectivity index (χ2n) is 6.49. The third kappa shape index (κ3) is 3.90. The first-order chi connectivity index (χ1) is 13.5. The Morgan fingerprint density at radius 1 is 1.00 bits per heavy atom. The molecule has 28 heavy (non-hydrogen) atoms. The molecule has 0 saturated heterocycles. The van der Waals surface area contributed by atoms with Gasteiger partial charge in [0.25, 0.3) is 0 Å². The predicted molar refractivity (Wildman–Crippen MR) is 120 cm³/mol. The first-order valence-corrected chi connectivity index (χ1v) is 10.3. The summed E-state index contributed by atoms with van der Waals surface area (Å²) in [5.41, 5.74) is 4.07. The summed E-state index contributed by atoms with van der Waals surface area (Å²) in [4.78, 5) is 0. The van der Waals surface area contributed by atoms with Crippen LogP contribution in [0.25, 0.3) is 0 Å². The summed E-state index contributed by atoms with van der Waals surface area (Å²) in [6.07, 6.45) is 0.771. The average molecular weight is 476 g/mol. The van der Waals surface area contributed by atoms with E-state index < -0.39 is 0 Å². The van der Waals surface area contributed by atoms with Crippen LogP contribution < -0.4 is 9.75 Å². The van der Waals surface area contributed by atoms with Gasteiger partial charge in [0, 0.05) is 15.9 Å². The Bertz CT molecular complexity index is 1020. The minimum absolute atomic E-state index is 0.0453. The first-order valence-electron chi connectivity index (χ1n) is 8.77. The molecule has 0 N–H and O–H groups in total. The molecule has 0 amide bonds. The van der Waals surface area contributed by atoms with Gasteiger partial charge >= 0.3 is 0 Å². The highest BCUT2D eigenvalue weighted by atomic mass is 79.9. The summed E-state index contributed by atoms with van der Waals surface area (Å²) in [6.45, 7) is 0. The summed E-state index contributed by atoms with van der Waals surface area (Å²) in [6, 6.07) is 21.8. The van der Waals surface area contributed by atoms with E-state index in [1.54, 1.807) is 13.2 Å². The zero-order valence-corrected chi connectivity index (χ0v) is 18.2. The first kappa shape index (κ1) is 19.3. The molecule has 1 aliphatic rings. The molecular formula is C22H17BrCl2N2O. The van der Waals surface area contributed by atoms with E-state index in [9.17, 15) is 0 Å². The van der Waals surface area contributed by atoms with Crippen molar-refractivity contribution in [3.8, 4) is 5.75 Å². The maximum Gasteiger partial charge on any atom is 0.118 e. The number of halogens is 3. The molecule has 1 heterocycles. The summed E-state index contributed by atoms with van der Waals surface area (Å²) < 4.78 is 6.31. The average Bonchev–Trinajstić information content (AvgIpc) is 3.13. The minimum Gasteiger partial charge on any atom is -0.497 e. The van der Waals surface area contributed by atoms with Gasteiger partial charge in [-0.1, -0.05) is 51.3 Å². The van der Waals surface area contributed by atoms with Crippen molar-refractivity contribution in [2.24, 2.45) is 5.10 Å². The molecule has 0 fully saturated rings. The van der Waals surface area contributed by atoms with Gasteiger partial charge in [0.05, 0.1) is 29.6 Å². The fourth-order valence-electron chi connectivity index (χ4n) is 3.30. The normalized spacial score (nSPS) is 16.2. The molecule has 4 rings (SSSR count). The van der Waals surface area contributed by atoms with Gasteiger partial charge in [0.15, 0.2) is 0 Å². The minimum atomic E-state index is 0.0453. The quantitative estimate of drug-likeness (QED) is 0.401. The zero-order chi connectivity index (χ0) is 19.7. The van der Waals surface area contributed by atoms with Crippen LogP contribution in [0.15, 0.2) is 76.3 Å². The topological polar surface area (TPSA) is 24.8 Å². The van der Waals surface area contributed by atoms with Crippen LogP contribution in [0.5, 0.6) is 5.75 Å². The molecule has 3 aromatic rings. The Balaban J connectivity index is 1.75. The van der Waals surface area contributed by atoms with E-state index >= 15 is 0 Å². The second kappa shape index (κ2) is 8.16. The van der Waals surface area contributed by atoms with Crippen molar-refractivity contribution in [3.63, 3.8) is 0 Å². The molecular weight excluding hydrogens is 459 g/mol. The highest BCUT2D eigenvalue weighted by Gasteiger charge is 2.31. The number of methoxy groups -OCH3 is 1. The highest BCUT2D eigenvalue weighted by molar-refractivity contribution is 9.10. The van der Waals surface area contributed by atoms with Crippen LogP contribution in [-0.2, 0) is 0 Å². The number of hydrogen-bond donors (Lipinski definition) is 0. The fourth-order valence-corrected chi connectivity index (χ4v) is 4.06. The third-order valence-corrected chi connectivity index (χ3v) is 5.81. The molecule has 3 aromatic carbocycles. The van der Waals surface area contributed by atoms with Crippen LogP contribution in [0.3, 0.4) is 0 Å². The largest absolute Gasteiger partial charge is 0.497 e. The van der Waals surface area contributed by atoms with Crippen molar-refractivity contribution in [1.82, 2.24) is 0 Å². The van der Waals surface area contributed by atoms with Crippen LogP contribution >= 0.6 is 39.1 Å². The lowest BCUT2D eigenvalue weighted by Crippen LogP contribution is -2.18. The molecule has 0 aromatic heterocycles. The van der Waals surface area contributed by atoms with Gasteiger partial charge < -0.3 is 4.74 Å². The second-order valence-corrected chi connectivity index (χ2v) is 8.25. The number of ether oxygens (including phenoxy) is 1. The maximum absolute atomic E-state index is 6.50. The molecule has 0 aliphatic carbocycles. The molecule has 142 valence electrons. The Morgan fingerprint density at radius 2 is 1.71 bits per heavy atom. The van der Waals surface area contributed by atoms with Gasteiger partial charge in [-0.05, 0) is 65.7 Å². The molecule has 1 unspecified atom stereocenters. The lowest BCUT2D eigenvalue weighted by molar-refractivity contribution is 0.415. The summed E-state index contributed by atoms with van der Waals surface area (Å²) in [7, 11) is 1.66. The van der Waals surface area contributed by atoms with Crippen molar-refractivity contribution < 1.29 is 4.74 Å². The van der Waals surface area contributed by atoms with Crippen LogP contribution in [-0.4, -0.2) is 12.8 Å². The highest BCUT2D eigenvalue weighted by Crippen LogP contribution is 2.40. The smallest absolute Gasteiger partial charge is 0.118 e. The summed E-state index contributed by atoms with van der Waals surface area (Å²) >= 11 is 16.1. The predicted octanol–water partition coefficient (Wildman–Crippen LogP) is 7.12. The van der Waals surface area contributed by atoms with Crippen LogP contribution in [0.1, 0.15) is 23.6 Å². The SMILES string of the molecule is COc1ccc(C2=NN(c3ccc(Cl)cc3Cl)C(c3ccc(Br)cc3)C2)cc1. The Morgan fingerprint density at radius 3 is 2.36 bits per heavy atom. The molecule has 6 heteroatoms. The van der Waals surface area contributed by atoms with Gasteiger partial charge in [0.1, 0.15) is 5.75 Å². The lowest BCUT2D eigenvalue weighted by Gasteiger charge is -2.25. The van der Waals surface area contributed by atoms with Crippen molar-refractivity contribution in [1.29, 1.82) is 0 Å². The molecule has 3 nitrogen and oxygen atoms in total. The molecule has 1 atom stereocenters. The summed E-state index contributed by atoms with van der Waals surface area (Å²) in [5, 5.41) is 8.09. The van der Waals surface area contributed by atoms with Gasteiger partial charge in [-0.3, -0.25) is 5.01 Å². The van der Waals surface area contributed by atoms with Crippen LogP contribution in [0, 0.1) is 0 Å². The molecule has 0 spiro atoms. The number of hydrazone groups is 1. The van der Waals surface area contributed by atoms with Crippen molar-refractivity contribution >= 4 is 50.5 Å². The van der Waals surface area contributed by atoms with Crippen molar-refractivity contribution in [2.45, 2.75) is 12.5 Å². The van der Waals surface area contributed by atoms with Crippen LogP contribution in [0.2, 0.25) is 10.0 Å². The number of rotatable bonds is 4. The van der Waals surface area contributed by atoms with E-state index in [0.717, 1.165) is 33.6 Å². The lowest BCUT2D eigenvalue weighted by atomic mass is 9.98. The molecule has 1 aliphatic heterocycles. The fraction of sp³-hybridized carbons (Fsp3) is 0.136. The Labute approximate surface area is 182 Å².